The van der Waals surface area contributed by atoms with Crippen molar-refractivity contribution in [2.45, 2.75) is 31.8 Å². The number of rotatable bonds is 3. The molecule has 0 saturated heterocycles. The molecule has 1 fully saturated rings. The van der Waals surface area contributed by atoms with Crippen molar-refractivity contribution in [1.29, 1.82) is 0 Å². The molecular weight excluding hydrogens is 212 g/mol. The second-order valence-corrected chi connectivity index (χ2v) is 4.35. The summed E-state index contributed by atoms with van der Waals surface area (Å²) < 4.78 is 5.24. The number of benzene rings is 1. The molecule has 0 unspecified atom stereocenters. The van der Waals surface area contributed by atoms with Crippen LogP contribution in [-0.2, 0) is 9.53 Å². The quantitative estimate of drug-likeness (QED) is 0.738. The van der Waals surface area contributed by atoms with Gasteiger partial charge >= 0.3 is 5.97 Å². The molecule has 2 rings (SSSR count). The van der Waals surface area contributed by atoms with Crippen LogP contribution in [0, 0.1) is 0 Å². The van der Waals surface area contributed by atoms with Gasteiger partial charge in [0.2, 0.25) is 0 Å². The zero-order valence-corrected chi connectivity index (χ0v) is 9.33. The monoisotopic (exact) mass is 224 g/mol. The molecule has 0 spiro atoms. The molecule has 15 heavy (non-hydrogen) atoms. The van der Waals surface area contributed by atoms with E-state index in [-0.39, 0.29) is 18.0 Å². The molecule has 2 nitrogen and oxygen atoms in total. The molecule has 0 aromatic heterocycles. The van der Waals surface area contributed by atoms with E-state index in [9.17, 15) is 4.79 Å². The van der Waals surface area contributed by atoms with Gasteiger partial charge in [-0.25, -0.2) is 0 Å². The van der Waals surface area contributed by atoms with Crippen molar-refractivity contribution < 1.29 is 9.53 Å². The standard InChI is InChI=1S/C12H13ClO2/c1-8(12(14)15-11-6-7-11)9-2-4-10(13)5-3-9/h2-5,8,11H,6-7H2,1H3/t8-/m0/s1. The maximum atomic E-state index is 11.6. The van der Waals surface area contributed by atoms with Crippen molar-refractivity contribution in [3.63, 3.8) is 0 Å². The minimum Gasteiger partial charge on any atom is -0.462 e. The number of hydrogen-bond acceptors (Lipinski definition) is 2. The normalized spacial score (nSPS) is 17.2. The van der Waals surface area contributed by atoms with E-state index in [0.717, 1.165) is 18.4 Å². The Hall–Kier alpha value is -1.02. The van der Waals surface area contributed by atoms with Crippen LogP contribution in [0.25, 0.3) is 0 Å². The summed E-state index contributed by atoms with van der Waals surface area (Å²) >= 11 is 5.77. The summed E-state index contributed by atoms with van der Waals surface area (Å²) in [6.45, 7) is 1.86. The van der Waals surface area contributed by atoms with Crippen molar-refractivity contribution in [2.24, 2.45) is 0 Å². The maximum Gasteiger partial charge on any atom is 0.313 e. The summed E-state index contributed by atoms with van der Waals surface area (Å²) in [5, 5.41) is 0.682. The van der Waals surface area contributed by atoms with Crippen molar-refractivity contribution >= 4 is 17.6 Å². The van der Waals surface area contributed by atoms with Crippen LogP contribution < -0.4 is 0 Å². The highest BCUT2D eigenvalue weighted by Gasteiger charge is 2.28. The van der Waals surface area contributed by atoms with Crippen LogP contribution >= 0.6 is 11.6 Å². The topological polar surface area (TPSA) is 26.3 Å². The van der Waals surface area contributed by atoms with Gasteiger partial charge in [0, 0.05) is 5.02 Å². The first-order valence-electron chi connectivity index (χ1n) is 5.13. The van der Waals surface area contributed by atoms with Crippen molar-refractivity contribution in [1.82, 2.24) is 0 Å². The van der Waals surface area contributed by atoms with Crippen molar-refractivity contribution in [3.8, 4) is 0 Å². The van der Waals surface area contributed by atoms with Crippen LogP contribution in [0.2, 0.25) is 5.02 Å². The number of carbonyl (C=O) groups excluding carboxylic acids is 1. The predicted molar refractivity (Wildman–Crippen MR) is 59.0 cm³/mol. The van der Waals surface area contributed by atoms with Gasteiger partial charge in [-0.1, -0.05) is 23.7 Å². The van der Waals surface area contributed by atoms with Gasteiger partial charge in [-0.05, 0) is 37.5 Å². The van der Waals surface area contributed by atoms with Crippen LogP contribution in [0.15, 0.2) is 24.3 Å². The van der Waals surface area contributed by atoms with Gasteiger partial charge in [0.05, 0.1) is 5.92 Å². The predicted octanol–water partition coefficient (Wildman–Crippen LogP) is 3.15. The smallest absolute Gasteiger partial charge is 0.313 e. The van der Waals surface area contributed by atoms with Gasteiger partial charge in [-0.15, -0.1) is 0 Å². The van der Waals surface area contributed by atoms with E-state index in [2.05, 4.69) is 0 Å². The van der Waals surface area contributed by atoms with Crippen molar-refractivity contribution in [2.75, 3.05) is 0 Å². The lowest BCUT2D eigenvalue weighted by Crippen LogP contribution is -2.14. The summed E-state index contributed by atoms with van der Waals surface area (Å²) in [7, 11) is 0. The molecule has 1 aromatic carbocycles. The fourth-order valence-electron chi connectivity index (χ4n) is 1.34. The van der Waals surface area contributed by atoms with Crippen LogP contribution in [0.3, 0.4) is 0 Å². The van der Waals surface area contributed by atoms with Gasteiger partial charge in [0.1, 0.15) is 6.10 Å². The fourth-order valence-corrected chi connectivity index (χ4v) is 1.47. The zero-order chi connectivity index (χ0) is 10.8. The highest BCUT2D eigenvalue weighted by atomic mass is 35.5. The van der Waals surface area contributed by atoms with Crippen LogP contribution in [0.1, 0.15) is 31.2 Å². The van der Waals surface area contributed by atoms with E-state index < -0.39 is 0 Å². The minimum absolute atomic E-state index is 0.139. The Morgan fingerprint density at radius 3 is 2.53 bits per heavy atom. The molecule has 1 aromatic rings. The number of halogens is 1. The average molecular weight is 225 g/mol. The molecule has 1 atom stereocenters. The van der Waals surface area contributed by atoms with E-state index in [4.69, 9.17) is 16.3 Å². The third-order valence-corrected chi connectivity index (χ3v) is 2.78. The lowest BCUT2D eigenvalue weighted by Gasteiger charge is -2.11. The van der Waals surface area contributed by atoms with Crippen molar-refractivity contribution in [3.05, 3.63) is 34.9 Å². The first-order chi connectivity index (χ1) is 7.16. The molecule has 0 amide bonds. The summed E-state index contributed by atoms with van der Waals surface area (Å²) in [6.07, 6.45) is 2.20. The molecule has 1 aliphatic carbocycles. The SMILES string of the molecule is C[C@H](C(=O)OC1CC1)c1ccc(Cl)cc1. The number of carbonyl (C=O) groups is 1. The molecule has 0 bridgehead atoms. The average Bonchev–Trinajstić information content (AvgIpc) is 3.02. The van der Waals surface area contributed by atoms with Crippen LogP contribution in [-0.4, -0.2) is 12.1 Å². The minimum atomic E-state index is -0.206. The van der Waals surface area contributed by atoms with E-state index >= 15 is 0 Å². The second-order valence-electron chi connectivity index (χ2n) is 3.91. The van der Waals surface area contributed by atoms with E-state index in [0.29, 0.717) is 5.02 Å². The molecule has 1 saturated carbocycles. The van der Waals surface area contributed by atoms with Gasteiger partial charge in [0.15, 0.2) is 0 Å². The van der Waals surface area contributed by atoms with E-state index in [1.807, 2.05) is 19.1 Å². The number of esters is 1. The molecular formula is C12H13ClO2. The number of ether oxygens (including phenoxy) is 1. The van der Waals surface area contributed by atoms with E-state index in [1.165, 1.54) is 0 Å². The van der Waals surface area contributed by atoms with Crippen LogP contribution in [0.4, 0.5) is 0 Å². The van der Waals surface area contributed by atoms with Gasteiger partial charge in [0.25, 0.3) is 0 Å². The van der Waals surface area contributed by atoms with Gasteiger partial charge in [-0.3, -0.25) is 4.79 Å². The third kappa shape index (κ3) is 2.72. The molecule has 0 radical (unpaired) electrons. The summed E-state index contributed by atoms with van der Waals surface area (Å²) in [4.78, 5) is 11.6. The first kappa shape index (κ1) is 10.5. The molecule has 0 N–H and O–H groups in total. The Morgan fingerprint density at radius 2 is 2.00 bits per heavy atom. The van der Waals surface area contributed by atoms with Crippen LogP contribution in [0.5, 0.6) is 0 Å². The Bertz CT molecular complexity index is 354. The largest absolute Gasteiger partial charge is 0.462 e. The second kappa shape index (κ2) is 4.23. The summed E-state index contributed by atoms with van der Waals surface area (Å²) in [5.41, 5.74) is 0.949. The summed E-state index contributed by atoms with van der Waals surface area (Å²) in [5.74, 6) is -0.345. The maximum absolute atomic E-state index is 11.6. The Kier molecular flexibility index (Phi) is 2.96. The highest BCUT2D eigenvalue weighted by molar-refractivity contribution is 6.30. The van der Waals surface area contributed by atoms with E-state index in [1.54, 1.807) is 12.1 Å². The molecule has 0 heterocycles. The third-order valence-electron chi connectivity index (χ3n) is 2.53. The number of hydrogen-bond donors (Lipinski definition) is 0. The molecule has 0 aliphatic heterocycles. The Balaban J connectivity index is 2.02. The van der Waals surface area contributed by atoms with Gasteiger partial charge < -0.3 is 4.74 Å². The molecule has 80 valence electrons. The Morgan fingerprint density at radius 1 is 1.40 bits per heavy atom. The molecule has 3 heteroatoms. The Labute approximate surface area is 94.2 Å². The lowest BCUT2D eigenvalue weighted by molar-refractivity contribution is -0.146. The van der Waals surface area contributed by atoms with Gasteiger partial charge in [-0.2, -0.15) is 0 Å². The highest BCUT2D eigenvalue weighted by Crippen LogP contribution is 2.27. The first-order valence-corrected chi connectivity index (χ1v) is 5.50. The zero-order valence-electron chi connectivity index (χ0n) is 8.57. The summed E-state index contributed by atoms with van der Waals surface area (Å²) in [6, 6.07) is 7.30. The molecule has 1 aliphatic rings. The lowest BCUT2D eigenvalue weighted by atomic mass is 10.0. The fraction of sp³-hybridized carbons (Fsp3) is 0.417.